The van der Waals surface area contributed by atoms with Crippen LogP contribution in [0.5, 0.6) is 0 Å². The van der Waals surface area contributed by atoms with Gasteiger partial charge in [-0.05, 0) is 6.08 Å². The number of ether oxygens (including phenoxy) is 1. The Hall–Kier alpha value is -1.91. The molecule has 0 bridgehead atoms. The Morgan fingerprint density at radius 2 is 2.31 bits per heavy atom. The molecule has 0 fully saturated rings. The van der Waals surface area contributed by atoms with Crippen LogP contribution in [-0.4, -0.2) is 23.0 Å². The third kappa shape index (κ3) is 2.90. The van der Waals surface area contributed by atoms with E-state index in [1.165, 1.54) is 31.7 Å². The number of hydrogen-bond acceptors (Lipinski definition) is 5. The standard InChI is InChI=1S/C8H9N3O2/c1-13-8(12)3-2-6-4-11-7(9)5-10-6/h2-5H,1H3,(H2,9,11)/b3-2+. The molecule has 0 saturated heterocycles. The molecular weight excluding hydrogens is 170 g/mol. The molecule has 0 radical (unpaired) electrons. The number of esters is 1. The quantitative estimate of drug-likeness (QED) is 0.520. The van der Waals surface area contributed by atoms with Crippen molar-refractivity contribution in [2.75, 3.05) is 12.8 Å². The van der Waals surface area contributed by atoms with Gasteiger partial charge in [-0.25, -0.2) is 9.78 Å². The van der Waals surface area contributed by atoms with Gasteiger partial charge in [-0.15, -0.1) is 0 Å². The van der Waals surface area contributed by atoms with Crippen LogP contribution >= 0.6 is 0 Å². The number of hydrogen-bond donors (Lipinski definition) is 1. The minimum absolute atomic E-state index is 0.343. The van der Waals surface area contributed by atoms with E-state index in [4.69, 9.17) is 5.73 Å². The van der Waals surface area contributed by atoms with Crippen molar-refractivity contribution in [1.29, 1.82) is 0 Å². The van der Waals surface area contributed by atoms with Crippen molar-refractivity contribution in [3.8, 4) is 0 Å². The minimum atomic E-state index is -0.432. The summed E-state index contributed by atoms with van der Waals surface area (Å²) in [5, 5.41) is 0. The average Bonchev–Trinajstić information content (AvgIpc) is 2.16. The summed E-state index contributed by atoms with van der Waals surface area (Å²) in [4.78, 5) is 18.4. The fraction of sp³-hybridized carbons (Fsp3) is 0.125. The molecule has 2 N–H and O–H groups in total. The molecule has 1 rings (SSSR count). The van der Waals surface area contributed by atoms with Crippen LogP contribution in [0.2, 0.25) is 0 Å². The van der Waals surface area contributed by atoms with Crippen molar-refractivity contribution in [2.45, 2.75) is 0 Å². The van der Waals surface area contributed by atoms with Gasteiger partial charge < -0.3 is 10.5 Å². The molecule has 5 nitrogen and oxygen atoms in total. The lowest BCUT2D eigenvalue weighted by atomic mass is 10.4. The normalized spacial score (nSPS) is 10.2. The Labute approximate surface area is 75.3 Å². The van der Waals surface area contributed by atoms with Gasteiger partial charge in [0, 0.05) is 6.08 Å². The van der Waals surface area contributed by atoms with E-state index in [9.17, 15) is 4.79 Å². The lowest BCUT2D eigenvalue weighted by molar-refractivity contribution is -0.134. The molecular formula is C8H9N3O2. The first-order chi connectivity index (χ1) is 6.22. The van der Waals surface area contributed by atoms with Gasteiger partial charge in [0.05, 0.1) is 25.2 Å². The van der Waals surface area contributed by atoms with Crippen molar-refractivity contribution < 1.29 is 9.53 Å². The highest BCUT2D eigenvalue weighted by Gasteiger charge is 1.93. The number of carbonyl (C=O) groups excluding carboxylic acids is 1. The van der Waals surface area contributed by atoms with Crippen molar-refractivity contribution in [2.24, 2.45) is 0 Å². The molecule has 0 aromatic carbocycles. The third-order valence-corrected chi connectivity index (χ3v) is 1.28. The maximum Gasteiger partial charge on any atom is 0.330 e. The first-order valence-electron chi connectivity index (χ1n) is 3.56. The minimum Gasteiger partial charge on any atom is -0.466 e. The summed E-state index contributed by atoms with van der Waals surface area (Å²) in [6.07, 6.45) is 5.64. The van der Waals surface area contributed by atoms with Crippen LogP contribution in [0, 0.1) is 0 Å². The molecule has 5 heteroatoms. The molecule has 0 amide bonds. The summed E-state index contributed by atoms with van der Waals surface area (Å²) in [5.74, 6) is -0.0890. The molecule has 0 aliphatic carbocycles. The van der Waals surface area contributed by atoms with Gasteiger partial charge in [0.25, 0.3) is 0 Å². The number of nitrogen functional groups attached to an aromatic ring is 1. The summed E-state index contributed by atoms with van der Waals surface area (Å²) >= 11 is 0. The first-order valence-corrected chi connectivity index (χ1v) is 3.56. The third-order valence-electron chi connectivity index (χ3n) is 1.28. The van der Waals surface area contributed by atoms with Crippen LogP contribution in [0.15, 0.2) is 18.5 Å². The topological polar surface area (TPSA) is 78.1 Å². The van der Waals surface area contributed by atoms with Gasteiger partial charge in [-0.2, -0.15) is 0 Å². The molecule has 0 atom stereocenters. The number of nitrogens with zero attached hydrogens (tertiary/aromatic N) is 2. The second-order valence-corrected chi connectivity index (χ2v) is 2.22. The van der Waals surface area contributed by atoms with Gasteiger partial charge in [-0.1, -0.05) is 0 Å². The van der Waals surface area contributed by atoms with E-state index in [1.54, 1.807) is 0 Å². The van der Waals surface area contributed by atoms with Gasteiger partial charge in [0.15, 0.2) is 0 Å². The Kier molecular flexibility index (Phi) is 2.97. The monoisotopic (exact) mass is 179 g/mol. The molecule has 68 valence electrons. The first kappa shape index (κ1) is 9.18. The van der Waals surface area contributed by atoms with Crippen molar-refractivity contribution in [1.82, 2.24) is 9.97 Å². The number of nitrogens with two attached hydrogens (primary N) is 1. The molecule has 0 aliphatic rings. The van der Waals surface area contributed by atoms with E-state index in [0.717, 1.165) is 0 Å². The molecule has 0 saturated carbocycles. The number of aromatic nitrogens is 2. The van der Waals surface area contributed by atoms with Crippen LogP contribution in [0.3, 0.4) is 0 Å². The molecule has 0 spiro atoms. The Balaban J connectivity index is 2.69. The highest BCUT2D eigenvalue weighted by molar-refractivity contribution is 5.86. The number of carbonyl (C=O) groups is 1. The zero-order valence-electron chi connectivity index (χ0n) is 7.10. The van der Waals surface area contributed by atoms with Crippen LogP contribution in [0.1, 0.15) is 5.69 Å². The molecule has 1 aromatic heterocycles. The molecule has 1 aromatic rings. The van der Waals surface area contributed by atoms with Gasteiger partial charge >= 0.3 is 5.97 Å². The van der Waals surface area contributed by atoms with E-state index < -0.39 is 5.97 Å². The maximum absolute atomic E-state index is 10.7. The molecule has 0 aliphatic heterocycles. The van der Waals surface area contributed by atoms with E-state index in [-0.39, 0.29) is 0 Å². The van der Waals surface area contributed by atoms with E-state index in [1.807, 2.05) is 0 Å². The second-order valence-electron chi connectivity index (χ2n) is 2.22. The number of rotatable bonds is 2. The fourth-order valence-electron chi connectivity index (χ4n) is 0.656. The predicted octanol–water partition coefficient (Wildman–Crippen LogP) is 0.245. The van der Waals surface area contributed by atoms with Gasteiger partial charge in [-0.3, -0.25) is 4.98 Å². The predicted molar refractivity (Wildman–Crippen MR) is 47.5 cm³/mol. The molecule has 0 unspecified atom stereocenters. The largest absolute Gasteiger partial charge is 0.466 e. The summed E-state index contributed by atoms with van der Waals surface area (Å²) in [5.41, 5.74) is 5.87. The average molecular weight is 179 g/mol. The SMILES string of the molecule is COC(=O)/C=C/c1cnc(N)cn1. The zero-order valence-corrected chi connectivity index (χ0v) is 7.10. The molecule has 1 heterocycles. The van der Waals surface area contributed by atoms with Crippen molar-refractivity contribution in [3.05, 3.63) is 24.2 Å². The maximum atomic E-state index is 10.7. The zero-order chi connectivity index (χ0) is 9.68. The van der Waals surface area contributed by atoms with Crippen molar-refractivity contribution >= 4 is 17.9 Å². The summed E-state index contributed by atoms with van der Waals surface area (Å²) < 4.78 is 4.40. The highest BCUT2D eigenvalue weighted by atomic mass is 16.5. The summed E-state index contributed by atoms with van der Waals surface area (Å²) in [7, 11) is 1.31. The summed E-state index contributed by atoms with van der Waals surface area (Å²) in [6, 6.07) is 0. The van der Waals surface area contributed by atoms with Crippen LogP contribution in [-0.2, 0) is 9.53 Å². The summed E-state index contributed by atoms with van der Waals surface area (Å²) in [6.45, 7) is 0. The Bertz CT molecular complexity index is 319. The highest BCUT2D eigenvalue weighted by Crippen LogP contribution is 1.98. The van der Waals surface area contributed by atoms with E-state index >= 15 is 0 Å². The number of methoxy groups -OCH3 is 1. The second kappa shape index (κ2) is 4.20. The fourth-order valence-corrected chi connectivity index (χ4v) is 0.656. The van der Waals surface area contributed by atoms with E-state index in [2.05, 4.69) is 14.7 Å². The van der Waals surface area contributed by atoms with E-state index in [0.29, 0.717) is 11.5 Å². The van der Waals surface area contributed by atoms with Crippen LogP contribution in [0.4, 0.5) is 5.82 Å². The lowest BCUT2D eigenvalue weighted by Crippen LogP contribution is -1.95. The van der Waals surface area contributed by atoms with Gasteiger partial charge in [0.2, 0.25) is 0 Å². The Morgan fingerprint density at radius 1 is 1.54 bits per heavy atom. The lowest BCUT2D eigenvalue weighted by Gasteiger charge is -1.92. The molecule has 13 heavy (non-hydrogen) atoms. The van der Waals surface area contributed by atoms with Crippen molar-refractivity contribution in [3.63, 3.8) is 0 Å². The van der Waals surface area contributed by atoms with Gasteiger partial charge in [0.1, 0.15) is 5.82 Å². The number of anilines is 1. The smallest absolute Gasteiger partial charge is 0.330 e. The van der Waals surface area contributed by atoms with Crippen LogP contribution in [0.25, 0.3) is 6.08 Å². The Morgan fingerprint density at radius 3 is 2.85 bits per heavy atom. The van der Waals surface area contributed by atoms with Crippen LogP contribution < -0.4 is 5.73 Å².